The molecule has 0 saturated carbocycles. The number of carbonyl (C=O) groups is 2. The first kappa shape index (κ1) is 28.2. The van der Waals surface area contributed by atoms with Crippen LogP contribution in [0.2, 0.25) is 5.02 Å². The molecular formula is C30H34ClFN2O3. The lowest BCUT2D eigenvalue weighted by Gasteiger charge is -2.32. The van der Waals surface area contributed by atoms with Crippen LogP contribution in [-0.4, -0.2) is 35.9 Å². The number of nitrogens with one attached hydrogen (secondary N) is 1. The summed E-state index contributed by atoms with van der Waals surface area (Å²) in [6.45, 7) is 2.90. The molecule has 5 nitrogen and oxygen atoms in total. The average molecular weight is 525 g/mol. The van der Waals surface area contributed by atoms with Crippen molar-refractivity contribution >= 4 is 23.4 Å². The molecule has 0 aromatic heterocycles. The van der Waals surface area contributed by atoms with Gasteiger partial charge >= 0.3 is 0 Å². The number of nitrogens with zero attached hydrogens (tertiary/aromatic N) is 1. The molecule has 0 saturated heterocycles. The molecule has 0 spiro atoms. The molecule has 3 aromatic rings. The zero-order valence-electron chi connectivity index (χ0n) is 21.2. The quantitative estimate of drug-likeness (QED) is 0.256. The maximum atomic E-state index is 14.6. The summed E-state index contributed by atoms with van der Waals surface area (Å²) >= 11 is 5.91. The van der Waals surface area contributed by atoms with Crippen molar-refractivity contribution in [3.8, 4) is 5.75 Å². The second kappa shape index (κ2) is 15.0. The minimum Gasteiger partial charge on any atom is -0.494 e. The molecule has 37 heavy (non-hydrogen) atoms. The van der Waals surface area contributed by atoms with Gasteiger partial charge < -0.3 is 15.0 Å². The van der Waals surface area contributed by atoms with Gasteiger partial charge in [0.1, 0.15) is 17.6 Å². The van der Waals surface area contributed by atoms with E-state index in [2.05, 4.69) is 5.32 Å². The first-order chi connectivity index (χ1) is 18.0. The van der Waals surface area contributed by atoms with Crippen LogP contribution in [0, 0.1) is 5.82 Å². The number of amides is 2. The normalized spacial score (nSPS) is 11.5. The van der Waals surface area contributed by atoms with Crippen LogP contribution in [0.25, 0.3) is 0 Å². The van der Waals surface area contributed by atoms with Crippen molar-refractivity contribution in [1.82, 2.24) is 10.2 Å². The summed E-state index contributed by atoms with van der Waals surface area (Å²) in [7, 11) is 0. The molecule has 3 rings (SSSR count). The SMILES string of the molecule is CCCCNC(=O)C(Cc1ccccc1)N(Cc1ccccc1F)C(=O)CCCOc1ccc(Cl)cc1. The Kier molecular flexibility index (Phi) is 11.4. The van der Waals surface area contributed by atoms with Gasteiger partial charge in [-0.25, -0.2) is 4.39 Å². The third-order valence-corrected chi connectivity index (χ3v) is 6.27. The van der Waals surface area contributed by atoms with E-state index in [-0.39, 0.29) is 24.8 Å². The Hall–Kier alpha value is -3.38. The predicted molar refractivity (Wildman–Crippen MR) is 145 cm³/mol. The van der Waals surface area contributed by atoms with Gasteiger partial charge in [0, 0.05) is 36.5 Å². The van der Waals surface area contributed by atoms with Crippen molar-refractivity contribution in [2.75, 3.05) is 13.2 Å². The Labute approximate surface area is 223 Å². The van der Waals surface area contributed by atoms with Crippen LogP contribution in [-0.2, 0) is 22.6 Å². The van der Waals surface area contributed by atoms with Gasteiger partial charge in [-0.05, 0) is 48.7 Å². The minimum atomic E-state index is -0.774. The Balaban J connectivity index is 1.78. The van der Waals surface area contributed by atoms with Crippen LogP contribution < -0.4 is 10.1 Å². The Morgan fingerprint density at radius 2 is 1.68 bits per heavy atom. The molecule has 1 atom stereocenters. The summed E-state index contributed by atoms with van der Waals surface area (Å²) in [5.41, 5.74) is 1.29. The summed E-state index contributed by atoms with van der Waals surface area (Å²) in [6.07, 6.45) is 2.72. The van der Waals surface area contributed by atoms with E-state index in [0.717, 1.165) is 18.4 Å². The van der Waals surface area contributed by atoms with Gasteiger partial charge in [-0.1, -0.05) is 73.5 Å². The van der Waals surface area contributed by atoms with Crippen molar-refractivity contribution in [2.45, 2.75) is 51.6 Å². The van der Waals surface area contributed by atoms with Crippen LogP contribution in [0.4, 0.5) is 4.39 Å². The molecular weight excluding hydrogens is 491 g/mol. The van der Waals surface area contributed by atoms with E-state index in [1.807, 2.05) is 37.3 Å². The Morgan fingerprint density at radius 3 is 2.38 bits per heavy atom. The van der Waals surface area contributed by atoms with Crippen LogP contribution in [0.3, 0.4) is 0 Å². The monoisotopic (exact) mass is 524 g/mol. The fraction of sp³-hybridized carbons (Fsp3) is 0.333. The van der Waals surface area contributed by atoms with Gasteiger partial charge in [-0.15, -0.1) is 0 Å². The van der Waals surface area contributed by atoms with Crippen molar-refractivity contribution in [1.29, 1.82) is 0 Å². The van der Waals surface area contributed by atoms with Crippen LogP contribution >= 0.6 is 11.6 Å². The summed E-state index contributed by atoms with van der Waals surface area (Å²) in [6, 6.07) is 22.2. The molecule has 0 heterocycles. The third-order valence-electron chi connectivity index (χ3n) is 6.02. The fourth-order valence-electron chi connectivity index (χ4n) is 3.96. The van der Waals surface area contributed by atoms with Crippen LogP contribution in [0.5, 0.6) is 5.75 Å². The molecule has 2 amide bonds. The molecule has 0 aliphatic rings. The molecule has 3 aromatic carbocycles. The number of hydrogen-bond donors (Lipinski definition) is 1. The lowest BCUT2D eigenvalue weighted by molar-refractivity contribution is -0.141. The van der Waals surface area contributed by atoms with E-state index in [0.29, 0.717) is 42.3 Å². The van der Waals surface area contributed by atoms with Crippen molar-refractivity contribution < 1.29 is 18.7 Å². The van der Waals surface area contributed by atoms with Gasteiger partial charge in [0.05, 0.1) is 6.61 Å². The maximum Gasteiger partial charge on any atom is 0.243 e. The fourth-order valence-corrected chi connectivity index (χ4v) is 4.08. The number of ether oxygens (including phenoxy) is 1. The summed E-state index contributed by atoms with van der Waals surface area (Å²) in [4.78, 5) is 28.4. The highest BCUT2D eigenvalue weighted by atomic mass is 35.5. The summed E-state index contributed by atoms with van der Waals surface area (Å²) < 4.78 is 20.3. The first-order valence-corrected chi connectivity index (χ1v) is 13.1. The number of hydrogen-bond acceptors (Lipinski definition) is 3. The molecule has 0 bridgehead atoms. The van der Waals surface area contributed by atoms with Gasteiger partial charge in [-0.2, -0.15) is 0 Å². The van der Waals surface area contributed by atoms with Crippen molar-refractivity contribution in [3.05, 3.63) is 101 Å². The van der Waals surface area contributed by atoms with Gasteiger partial charge in [0.2, 0.25) is 11.8 Å². The highest BCUT2D eigenvalue weighted by molar-refractivity contribution is 6.30. The molecule has 0 aliphatic heterocycles. The minimum absolute atomic E-state index is 0.00223. The average Bonchev–Trinajstić information content (AvgIpc) is 2.91. The van der Waals surface area contributed by atoms with Gasteiger partial charge in [0.15, 0.2) is 0 Å². The zero-order valence-corrected chi connectivity index (χ0v) is 21.9. The van der Waals surface area contributed by atoms with Gasteiger partial charge in [0.25, 0.3) is 0 Å². The summed E-state index contributed by atoms with van der Waals surface area (Å²) in [5, 5.41) is 3.59. The topological polar surface area (TPSA) is 58.6 Å². The lowest BCUT2D eigenvalue weighted by Crippen LogP contribution is -2.50. The maximum absolute atomic E-state index is 14.6. The van der Waals surface area contributed by atoms with E-state index in [9.17, 15) is 14.0 Å². The second-order valence-electron chi connectivity index (χ2n) is 8.87. The Morgan fingerprint density at radius 1 is 0.973 bits per heavy atom. The van der Waals surface area contributed by atoms with Crippen molar-refractivity contribution in [3.63, 3.8) is 0 Å². The highest BCUT2D eigenvalue weighted by Gasteiger charge is 2.30. The molecule has 0 aliphatic carbocycles. The van der Waals surface area contributed by atoms with E-state index >= 15 is 0 Å². The molecule has 0 radical (unpaired) electrons. The number of benzene rings is 3. The predicted octanol–water partition coefficient (Wildman–Crippen LogP) is 6.19. The van der Waals surface area contributed by atoms with E-state index in [1.165, 1.54) is 11.0 Å². The van der Waals surface area contributed by atoms with E-state index < -0.39 is 11.9 Å². The highest BCUT2D eigenvalue weighted by Crippen LogP contribution is 2.19. The molecule has 7 heteroatoms. The number of unbranched alkanes of at least 4 members (excludes halogenated alkanes) is 1. The number of carbonyl (C=O) groups excluding carboxylic acids is 2. The zero-order chi connectivity index (χ0) is 26.5. The van der Waals surface area contributed by atoms with E-state index in [1.54, 1.807) is 42.5 Å². The molecule has 0 fully saturated rings. The van der Waals surface area contributed by atoms with Crippen LogP contribution in [0.15, 0.2) is 78.9 Å². The smallest absolute Gasteiger partial charge is 0.243 e. The Bertz CT molecular complexity index is 1130. The number of halogens is 2. The van der Waals surface area contributed by atoms with Crippen molar-refractivity contribution in [2.24, 2.45) is 0 Å². The lowest BCUT2D eigenvalue weighted by atomic mass is 10.0. The largest absolute Gasteiger partial charge is 0.494 e. The van der Waals surface area contributed by atoms with Gasteiger partial charge in [-0.3, -0.25) is 9.59 Å². The molecule has 1 unspecified atom stereocenters. The summed E-state index contributed by atoms with van der Waals surface area (Å²) in [5.74, 6) is -0.206. The third kappa shape index (κ3) is 9.21. The molecule has 1 N–H and O–H groups in total. The standard InChI is InChI=1S/C30H34ClFN2O3/c1-2-3-19-33-30(36)28(21-23-10-5-4-6-11-23)34(22-24-12-7-8-13-27(24)32)29(35)14-9-20-37-26-17-15-25(31)16-18-26/h4-8,10-13,15-18,28H,2-3,9,14,19-22H2,1H3,(H,33,36). The first-order valence-electron chi connectivity index (χ1n) is 12.7. The molecule has 196 valence electrons. The van der Waals surface area contributed by atoms with E-state index in [4.69, 9.17) is 16.3 Å². The second-order valence-corrected chi connectivity index (χ2v) is 9.31. The number of rotatable bonds is 14. The van der Waals surface area contributed by atoms with Crippen LogP contribution in [0.1, 0.15) is 43.7 Å².